The maximum Gasteiger partial charge on any atom is 0.0472 e. The first kappa shape index (κ1) is 18.2. The molecule has 0 saturated heterocycles. The number of hydrogen-bond acceptors (Lipinski definition) is 2. The van der Waals surface area contributed by atoms with Gasteiger partial charge in [0.15, 0.2) is 0 Å². The fraction of sp³-hybridized carbons (Fsp3) is 0.684. The minimum Gasteiger partial charge on any atom is -0.310 e. The summed E-state index contributed by atoms with van der Waals surface area (Å²) in [6.45, 7) is 16.9. The van der Waals surface area contributed by atoms with Crippen molar-refractivity contribution in [3.63, 3.8) is 0 Å². The first-order valence-electron chi connectivity index (χ1n) is 8.04. The Bertz CT molecular complexity index is 411. The Labute approximate surface area is 131 Å². The Morgan fingerprint density at radius 2 is 1.52 bits per heavy atom. The molecule has 0 amide bonds. The van der Waals surface area contributed by atoms with Crippen LogP contribution in [-0.2, 0) is 0 Å². The third kappa shape index (κ3) is 5.80. The van der Waals surface area contributed by atoms with E-state index in [1.807, 2.05) is 0 Å². The van der Waals surface area contributed by atoms with Gasteiger partial charge in [0.25, 0.3) is 0 Å². The second-order valence-corrected chi connectivity index (χ2v) is 8.26. The van der Waals surface area contributed by atoms with Gasteiger partial charge in [-0.1, -0.05) is 51.1 Å². The van der Waals surface area contributed by atoms with Crippen LogP contribution in [0.25, 0.3) is 0 Å². The van der Waals surface area contributed by atoms with Crippen LogP contribution in [0.15, 0.2) is 30.3 Å². The summed E-state index contributed by atoms with van der Waals surface area (Å²) < 4.78 is 0. The molecule has 0 radical (unpaired) electrons. The molecule has 0 fully saturated rings. The van der Waals surface area contributed by atoms with Crippen molar-refractivity contribution in [2.24, 2.45) is 5.41 Å². The second-order valence-electron chi connectivity index (χ2n) is 8.26. The predicted molar refractivity (Wildman–Crippen MR) is 93.6 cm³/mol. The van der Waals surface area contributed by atoms with Crippen molar-refractivity contribution in [1.29, 1.82) is 0 Å². The van der Waals surface area contributed by atoms with Gasteiger partial charge in [0.1, 0.15) is 0 Å². The van der Waals surface area contributed by atoms with Gasteiger partial charge in [-0.25, -0.2) is 0 Å². The SMILES string of the molecule is CC(N(C)C(CNC(C)(C)C)c1ccccc1)C(C)(C)C. The van der Waals surface area contributed by atoms with Crippen molar-refractivity contribution in [1.82, 2.24) is 10.2 Å². The molecule has 2 atom stereocenters. The summed E-state index contributed by atoms with van der Waals surface area (Å²) in [4.78, 5) is 2.51. The van der Waals surface area contributed by atoms with E-state index in [2.05, 4.69) is 96.1 Å². The second kappa shape index (κ2) is 6.93. The summed E-state index contributed by atoms with van der Waals surface area (Å²) in [5.74, 6) is 0. The van der Waals surface area contributed by atoms with E-state index in [0.717, 1.165) is 6.54 Å². The Morgan fingerprint density at radius 1 is 1.00 bits per heavy atom. The monoisotopic (exact) mass is 290 g/mol. The van der Waals surface area contributed by atoms with E-state index < -0.39 is 0 Å². The van der Waals surface area contributed by atoms with Crippen molar-refractivity contribution >= 4 is 0 Å². The van der Waals surface area contributed by atoms with Crippen LogP contribution in [0, 0.1) is 5.41 Å². The molecular weight excluding hydrogens is 256 g/mol. The van der Waals surface area contributed by atoms with E-state index in [-0.39, 0.29) is 11.0 Å². The Kier molecular flexibility index (Phi) is 6.01. The predicted octanol–water partition coefficient (Wildman–Crippen LogP) is 4.48. The molecule has 1 N–H and O–H groups in total. The molecule has 1 rings (SSSR count). The largest absolute Gasteiger partial charge is 0.310 e. The van der Waals surface area contributed by atoms with Crippen molar-refractivity contribution in [2.75, 3.05) is 13.6 Å². The highest BCUT2D eigenvalue weighted by atomic mass is 15.2. The van der Waals surface area contributed by atoms with E-state index >= 15 is 0 Å². The van der Waals surface area contributed by atoms with Crippen molar-refractivity contribution in [3.05, 3.63) is 35.9 Å². The molecule has 0 bridgehead atoms. The molecule has 2 nitrogen and oxygen atoms in total. The standard InChI is InChI=1S/C19H34N2/c1-15(18(2,3)4)21(8)17(14-20-19(5,6)7)16-12-10-9-11-13-16/h9-13,15,17,20H,14H2,1-8H3. The zero-order valence-electron chi connectivity index (χ0n) is 15.2. The smallest absolute Gasteiger partial charge is 0.0472 e. The van der Waals surface area contributed by atoms with Gasteiger partial charge in [-0.15, -0.1) is 0 Å². The average Bonchev–Trinajstić information content (AvgIpc) is 2.36. The molecule has 0 heterocycles. The number of likely N-dealkylation sites (N-methyl/N-ethyl adjacent to an activating group) is 1. The van der Waals surface area contributed by atoms with Crippen molar-refractivity contribution in [2.45, 2.75) is 66.1 Å². The fourth-order valence-corrected chi connectivity index (χ4v) is 2.46. The molecule has 0 saturated carbocycles. The number of benzene rings is 1. The zero-order valence-corrected chi connectivity index (χ0v) is 15.2. The van der Waals surface area contributed by atoms with Crippen LogP contribution in [0.3, 0.4) is 0 Å². The molecule has 1 aromatic carbocycles. The summed E-state index contributed by atoms with van der Waals surface area (Å²) in [6.07, 6.45) is 0. The molecule has 0 aliphatic carbocycles. The molecule has 21 heavy (non-hydrogen) atoms. The summed E-state index contributed by atoms with van der Waals surface area (Å²) in [5, 5.41) is 3.67. The molecule has 0 aromatic heterocycles. The van der Waals surface area contributed by atoms with E-state index in [0.29, 0.717) is 12.1 Å². The van der Waals surface area contributed by atoms with Crippen LogP contribution in [0.2, 0.25) is 0 Å². The molecule has 2 unspecified atom stereocenters. The number of rotatable bonds is 5. The quantitative estimate of drug-likeness (QED) is 0.860. The van der Waals surface area contributed by atoms with E-state index in [1.165, 1.54) is 5.56 Å². The Hall–Kier alpha value is -0.860. The zero-order chi connectivity index (χ0) is 16.3. The molecule has 0 aliphatic rings. The Balaban J connectivity index is 2.97. The lowest BCUT2D eigenvalue weighted by Crippen LogP contribution is -2.47. The topological polar surface area (TPSA) is 15.3 Å². The highest BCUT2D eigenvalue weighted by Crippen LogP contribution is 2.30. The number of hydrogen-bond donors (Lipinski definition) is 1. The molecule has 0 spiro atoms. The number of nitrogens with one attached hydrogen (secondary N) is 1. The van der Waals surface area contributed by atoms with Crippen LogP contribution in [0.4, 0.5) is 0 Å². The lowest BCUT2D eigenvalue weighted by molar-refractivity contribution is 0.0926. The normalized spacial score (nSPS) is 16.0. The van der Waals surface area contributed by atoms with Crippen molar-refractivity contribution < 1.29 is 0 Å². The third-order valence-corrected chi connectivity index (χ3v) is 4.37. The maximum atomic E-state index is 3.67. The minimum absolute atomic E-state index is 0.138. The summed E-state index contributed by atoms with van der Waals surface area (Å²) in [5.41, 5.74) is 1.79. The van der Waals surface area contributed by atoms with Crippen LogP contribution >= 0.6 is 0 Å². The lowest BCUT2D eigenvalue weighted by Gasteiger charge is -2.41. The summed E-state index contributed by atoms with van der Waals surface area (Å²) in [7, 11) is 2.25. The molecule has 0 aliphatic heterocycles. The van der Waals surface area contributed by atoms with E-state index in [4.69, 9.17) is 0 Å². The maximum absolute atomic E-state index is 3.67. The van der Waals surface area contributed by atoms with Gasteiger partial charge in [-0.05, 0) is 45.7 Å². The van der Waals surface area contributed by atoms with E-state index in [1.54, 1.807) is 0 Å². The summed E-state index contributed by atoms with van der Waals surface area (Å²) in [6, 6.07) is 11.7. The first-order chi connectivity index (χ1) is 9.52. The van der Waals surface area contributed by atoms with Crippen LogP contribution in [0.5, 0.6) is 0 Å². The van der Waals surface area contributed by atoms with Crippen LogP contribution in [-0.4, -0.2) is 30.1 Å². The summed E-state index contributed by atoms with van der Waals surface area (Å²) >= 11 is 0. The minimum atomic E-state index is 0.138. The first-order valence-corrected chi connectivity index (χ1v) is 8.04. The van der Waals surface area contributed by atoms with Crippen molar-refractivity contribution in [3.8, 4) is 0 Å². The van der Waals surface area contributed by atoms with E-state index in [9.17, 15) is 0 Å². The van der Waals surface area contributed by atoms with Gasteiger partial charge < -0.3 is 5.32 Å². The molecule has 1 aromatic rings. The van der Waals surface area contributed by atoms with Gasteiger partial charge in [0.05, 0.1) is 0 Å². The molecule has 2 heteroatoms. The third-order valence-electron chi connectivity index (χ3n) is 4.37. The van der Waals surface area contributed by atoms with Gasteiger partial charge in [-0.3, -0.25) is 4.90 Å². The molecular formula is C19H34N2. The van der Waals surface area contributed by atoms with Gasteiger partial charge in [0, 0.05) is 24.2 Å². The lowest BCUT2D eigenvalue weighted by atomic mass is 9.85. The fourth-order valence-electron chi connectivity index (χ4n) is 2.46. The van der Waals surface area contributed by atoms with Gasteiger partial charge >= 0.3 is 0 Å². The molecule has 120 valence electrons. The van der Waals surface area contributed by atoms with Gasteiger partial charge in [-0.2, -0.15) is 0 Å². The number of nitrogens with zero attached hydrogens (tertiary/aromatic N) is 1. The highest BCUT2D eigenvalue weighted by Gasteiger charge is 2.29. The highest BCUT2D eigenvalue weighted by molar-refractivity contribution is 5.20. The van der Waals surface area contributed by atoms with Crippen LogP contribution in [0.1, 0.15) is 60.1 Å². The average molecular weight is 290 g/mol. The van der Waals surface area contributed by atoms with Gasteiger partial charge in [0.2, 0.25) is 0 Å². The van der Waals surface area contributed by atoms with Crippen LogP contribution < -0.4 is 5.32 Å². The Morgan fingerprint density at radius 3 is 1.95 bits per heavy atom.